The van der Waals surface area contributed by atoms with Crippen LogP contribution in [-0.4, -0.2) is 42.4 Å². The predicted octanol–water partition coefficient (Wildman–Crippen LogP) is 0.940. The summed E-state index contributed by atoms with van der Waals surface area (Å²) in [6.45, 7) is 1.25. The van der Waals surface area contributed by atoms with Crippen molar-refractivity contribution in [2.75, 3.05) is 13.2 Å². The average molecular weight is 284 g/mol. The molecule has 1 saturated heterocycles. The summed E-state index contributed by atoms with van der Waals surface area (Å²) in [5.41, 5.74) is 5.99. The van der Waals surface area contributed by atoms with Gasteiger partial charge in [0.05, 0.1) is 6.10 Å². The molecule has 0 aromatic carbocycles. The first-order valence-electron chi connectivity index (χ1n) is 8.00. The number of amides is 1. The largest absolute Gasteiger partial charge is 0.382 e. The van der Waals surface area contributed by atoms with Crippen LogP contribution in [0.4, 0.5) is 0 Å². The number of hydrogen-bond acceptors (Lipinski definition) is 4. The fraction of sp³-hybridized carbons (Fsp3) is 0.933. The Morgan fingerprint density at radius 2 is 2.00 bits per heavy atom. The topological polar surface area (TPSA) is 84.6 Å². The maximum atomic E-state index is 11.9. The Morgan fingerprint density at radius 1 is 1.25 bits per heavy atom. The van der Waals surface area contributed by atoms with Crippen LogP contribution in [0.1, 0.15) is 51.4 Å². The molecule has 0 aromatic heterocycles. The molecule has 2 aliphatic rings. The van der Waals surface area contributed by atoms with E-state index in [1.807, 2.05) is 0 Å². The van der Waals surface area contributed by atoms with Crippen LogP contribution in [0.15, 0.2) is 0 Å². The van der Waals surface area contributed by atoms with Gasteiger partial charge >= 0.3 is 0 Å². The fourth-order valence-corrected chi connectivity index (χ4v) is 3.26. The molecule has 2 rings (SSSR count). The van der Waals surface area contributed by atoms with E-state index in [9.17, 15) is 9.90 Å². The number of rotatable bonds is 6. The van der Waals surface area contributed by atoms with Crippen LogP contribution in [-0.2, 0) is 9.53 Å². The lowest BCUT2D eigenvalue weighted by Crippen LogP contribution is -2.48. The third kappa shape index (κ3) is 4.72. The molecule has 3 atom stereocenters. The molecule has 20 heavy (non-hydrogen) atoms. The van der Waals surface area contributed by atoms with E-state index in [1.54, 1.807) is 0 Å². The zero-order valence-corrected chi connectivity index (χ0v) is 12.2. The van der Waals surface area contributed by atoms with E-state index in [2.05, 4.69) is 5.32 Å². The van der Waals surface area contributed by atoms with E-state index in [0.717, 1.165) is 25.9 Å². The van der Waals surface area contributed by atoms with Gasteiger partial charge in [-0.1, -0.05) is 32.1 Å². The standard InChI is InChI=1S/C15H28N2O3/c16-13(9-11-5-2-1-3-6-11)14(18)15(19)17-10-12-7-4-8-20-12/h11-14,18H,1-10,16H2,(H,17,19)/t12?,13-,14?/m1/s1. The normalized spacial score (nSPS) is 27.2. The van der Waals surface area contributed by atoms with Crippen LogP contribution in [0.5, 0.6) is 0 Å². The molecule has 5 nitrogen and oxygen atoms in total. The first-order valence-corrected chi connectivity index (χ1v) is 8.00. The molecule has 1 saturated carbocycles. The van der Waals surface area contributed by atoms with Crippen molar-refractivity contribution < 1.29 is 14.6 Å². The first kappa shape index (κ1) is 15.7. The highest BCUT2D eigenvalue weighted by Gasteiger charge is 2.27. The smallest absolute Gasteiger partial charge is 0.250 e. The third-order valence-electron chi connectivity index (χ3n) is 4.53. The van der Waals surface area contributed by atoms with E-state index in [1.165, 1.54) is 32.1 Å². The maximum absolute atomic E-state index is 11.9. The van der Waals surface area contributed by atoms with Gasteiger partial charge in [-0.15, -0.1) is 0 Å². The summed E-state index contributed by atoms with van der Waals surface area (Å²) in [7, 11) is 0. The summed E-state index contributed by atoms with van der Waals surface area (Å²) in [6.07, 6.45) is 7.92. The first-order chi connectivity index (χ1) is 9.66. The summed E-state index contributed by atoms with van der Waals surface area (Å²) in [5.74, 6) is 0.211. The monoisotopic (exact) mass is 284 g/mol. The molecule has 1 amide bonds. The quantitative estimate of drug-likeness (QED) is 0.678. The minimum atomic E-state index is -1.10. The lowest BCUT2D eigenvalue weighted by atomic mass is 9.84. The van der Waals surface area contributed by atoms with Crippen molar-refractivity contribution in [3.8, 4) is 0 Å². The zero-order valence-electron chi connectivity index (χ0n) is 12.2. The second-order valence-corrected chi connectivity index (χ2v) is 6.23. The van der Waals surface area contributed by atoms with Crippen molar-refractivity contribution in [2.45, 2.75) is 69.6 Å². The van der Waals surface area contributed by atoms with Crippen molar-refractivity contribution in [2.24, 2.45) is 11.7 Å². The van der Waals surface area contributed by atoms with E-state index in [0.29, 0.717) is 12.5 Å². The van der Waals surface area contributed by atoms with Gasteiger partial charge in [0.25, 0.3) is 5.91 Å². The van der Waals surface area contributed by atoms with Crippen molar-refractivity contribution in [3.05, 3.63) is 0 Å². The lowest BCUT2D eigenvalue weighted by Gasteiger charge is -2.26. The molecule has 0 aromatic rings. The van der Waals surface area contributed by atoms with E-state index in [-0.39, 0.29) is 12.0 Å². The summed E-state index contributed by atoms with van der Waals surface area (Å²) in [6, 6.07) is -0.456. The van der Waals surface area contributed by atoms with Gasteiger partial charge < -0.3 is 20.9 Å². The Labute approximate surface area is 121 Å². The molecule has 1 aliphatic heterocycles. The number of aliphatic hydroxyl groups excluding tert-OH is 1. The van der Waals surface area contributed by atoms with Gasteiger partial charge in [-0.2, -0.15) is 0 Å². The van der Waals surface area contributed by atoms with Gasteiger partial charge in [0.1, 0.15) is 6.10 Å². The summed E-state index contributed by atoms with van der Waals surface area (Å²) in [4.78, 5) is 11.9. The van der Waals surface area contributed by atoms with Crippen molar-refractivity contribution in [3.63, 3.8) is 0 Å². The van der Waals surface area contributed by atoms with E-state index >= 15 is 0 Å². The van der Waals surface area contributed by atoms with Crippen LogP contribution < -0.4 is 11.1 Å². The number of aliphatic hydroxyl groups is 1. The Balaban J connectivity index is 1.67. The SMILES string of the molecule is N[C@H](CC1CCCCC1)C(O)C(=O)NCC1CCCO1. The van der Waals surface area contributed by atoms with Crippen molar-refractivity contribution >= 4 is 5.91 Å². The number of carbonyl (C=O) groups excluding carboxylic acids is 1. The highest BCUT2D eigenvalue weighted by Crippen LogP contribution is 2.27. The van der Waals surface area contributed by atoms with Crippen LogP contribution >= 0.6 is 0 Å². The van der Waals surface area contributed by atoms with Gasteiger partial charge in [-0.05, 0) is 25.2 Å². The molecule has 0 radical (unpaired) electrons. The highest BCUT2D eigenvalue weighted by molar-refractivity contribution is 5.81. The second kappa shape index (κ2) is 7.96. The number of nitrogens with one attached hydrogen (secondary N) is 1. The van der Waals surface area contributed by atoms with Crippen molar-refractivity contribution in [1.82, 2.24) is 5.32 Å². The predicted molar refractivity (Wildman–Crippen MR) is 77.2 cm³/mol. The fourth-order valence-electron chi connectivity index (χ4n) is 3.26. The molecule has 4 N–H and O–H groups in total. The number of ether oxygens (including phenoxy) is 1. The van der Waals surface area contributed by atoms with Crippen LogP contribution in [0.3, 0.4) is 0 Å². The molecular formula is C15H28N2O3. The van der Waals surface area contributed by atoms with Gasteiger partial charge in [0, 0.05) is 19.2 Å². The summed E-state index contributed by atoms with van der Waals surface area (Å²) < 4.78 is 5.44. The molecule has 0 spiro atoms. The third-order valence-corrected chi connectivity index (χ3v) is 4.53. The Hall–Kier alpha value is -0.650. The Kier molecular flexibility index (Phi) is 6.26. The molecule has 5 heteroatoms. The Morgan fingerprint density at radius 3 is 2.65 bits per heavy atom. The molecule has 1 heterocycles. The summed E-state index contributed by atoms with van der Waals surface area (Å²) >= 11 is 0. The number of hydrogen-bond donors (Lipinski definition) is 3. The molecular weight excluding hydrogens is 256 g/mol. The van der Waals surface area contributed by atoms with Crippen LogP contribution in [0, 0.1) is 5.92 Å². The lowest BCUT2D eigenvalue weighted by molar-refractivity contribution is -0.131. The molecule has 1 aliphatic carbocycles. The van der Waals surface area contributed by atoms with Gasteiger partial charge in [-0.25, -0.2) is 0 Å². The van der Waals surface area contributed by atoms with Gasteiger partial charge in [-0.3, -0.25) is 4.79 Å². The van der Waals surface area contributed by atoms with Gasteiger partial charge in [0.15, 0.2) is 0 Å². The molecule has 2 fully saturated rings. The number of nitrogens with two attached hydrogens (primary N) is 1. The van der Waals surface area contributed by atoms with E-state index in [4.69, 9.17) is 10.5 Å². The molecule has 116 valence electrons. The Bertz CT molecular complexity index is 299. The number of carbonyl (C=O) groups is 1. The maximum Gasteiger partial charge on any atom is 0.250 e. The van der Waals surface area contributed by atoms with Gasteiger partial charge in [0.2, 0.25) is 0 Å². The van der Waals surface area contributed by atoms with Crippen LogP contribution in [0.25, 0.3) is 0 Å². The van der Waals surface area contributed by atoms with E-state index < -0.39 is 12.1 Å². The minimum Gasteiger partial charge on any atom is -0.382 e. The van der Waals surface area contributed by atoms with Crippen molar-refractivity contribution in [1.29, 1.82) is 0 Å². The zero-order chi connectivity index (χ0) is 14.4. The average Bonchev–Trinajstić information content (AvgIpc) is 2.98. The molecule has 0 bridgehead atoms. The van der Waals surface area contributed by atoms with Crippen LogP contribution in [0.2, 0.25) is 0 Å². The highest BCUT2D eigenvalue weighted by atomic mass is 16.5. The second-order valence-electron chi connectivity index (χ2n) is 6.23. The minimum absolute atomic E-state index is 0.0979. The summed E-state index contributed by atoms with van der Waals surface area (Å²) in [5, 5.41) is 12.8. The molecule has 2 unspecified atom stereocenters.